The summed E-state index contributed by atoms with van der Waals surface area (Å²) in [4.78, 5) is 2.24. The van der Waals surface area contributed by atoms with E-state index >= 15 is 0 Å². The number of aliphatic hydroxyl groups excluding tert-OH is 1. The number of nitrogens with one attached hydrogen (secondary N) is 1. The maximum Gasteiger partial charge on any atom is 0.129 e. The van der Waals surface area contributed by atoms with E-state index in [1.807, 2.05) is 0 Å². The van der Waals surface area contributed by atoms with E-state index in [4.69, 9.17) is 11.6 Å². The third-order valence-corrected chi connectivity index (χ3v) is 5.07. The minimum absolute atomic E-state index is 0.147. The van der Waals surface area contributed by atoms with Crippen molar-refractivity contribution in [2.24, 2.45) is 0 Å². The monoisotopic (exact) mass is 328 g/mol. The lowest BCUT2D eigenvalue weighted by Gasteiger charge is -2.38. The van der Waals surface area contributed by atoms with Gasteiger partial charge in [0.15, 0.2) is 0 Å². The molecule has 1 heterocycles. The molecule has 0 bridgehead atoms. The standard InChI is InChI=1S/C17H26ClFN2O/c1-3-17(2,12-22)20-13-7-9-21(10-8-13)11-14-15(18)5-4-6-16(14)19/h4-6,13,20,22H,3,7-12H2,1-2H3. The lowest BCUT2D eigenvalue weighted by Crippen LogP contribution is -2.53. The number of aliphatic hydroxyl groups is 1. The highest BCUT2D eigenvalue weighted by atomic mass is 35.5. The van der Waals surface area contributed by atoms with E-state index in [0.717, 1.165) is 32.4 Å². The van der Waals surface area contributed by atoms with Crippen LogP contribution >= 0.6 is 11.6 Å². The molecule has 0 spiro atoms. The molecule has 3 nitrogen and oxygen atoms in total. The Balaban J connectivity index is 1.87. The van der Waals surface area contributed by atoms with Crippen molar-refractivity contribution < 1.29 is 9.50 Å². The van der Waals surface area contributed by atoms with Gasteiger partial charge in [-0.15, -0.1) is 0 Å². The molecule has 0 aliphatic carbocycles. The largest absolute Gasteiger partial charge is 0.394 e. The van der Waals surface area contributed by atoms with E-state index in [0.29, 0.717) is 23.2 Å². The zero-order valence-corrected chi connectivity index (χ0v) is 14.2. The zero-order chi connectivity index (χ0) is 16.2. The predicted molar refractivity (Wildman–Crippen MR) is 88.6 cm³/mol. The fourth-order valence-corrected chi connectivity index (χ4v) is 3.12. The Morgan fingerprint density at radius 3 is 2.64 bits per heavy atom. The average Bonchev–Trinajstić information content (AvgIpc) is 2.52. The van der Waals surface area contributed by atoms with E-state index in [2.05, 4.69) is 24.1 Å². The molecule has 2 N–H and O–H groups in total. The van der Waals surface area contributed by atoms with Crippen LogP contribution < -0.4 is 5.32 Å². The van der Waals surface area contributed by atoms with Crippen LogP contribution in [0.1, 0.15) is 38.7 Å². The summed E-state index contributed by atoms with van der Waals surface area (Å²) >= 11 is 6.10. The maximum absolute atomic E-state index is 13.8. The van der Waals surface area contributed by atoms with Gasteiger partial charge in [0.2, 0.25) is 0 Å². The Morgan fingerprint density at radius 1 is 1.41 bits per heavy atom. The van der Waals surface area contributed by atoms with Crippen LogP contribution in [0.25, 0.3) is 0 Å². The van der Waals surface area contributed by atoms with Crippen molar-refractivity contribution in [2.45, 2.75) is 51.2 Å². The molecule has 1 saturated heterocycles. The van der Waals surface area contributed by atoms with Gasteiger partial charge < -0.3 is 10.4 Å². The van der Waals surface area contributed by atoms with Crippen LogP contribution in [0.5, 0.6) is 0 Å². The third-order valence-electron chi connectivity index (χ3n) is 4.71. The van der Waals surface area contributed by atoms with E-state index in [1.54, 1.807) is 12.1 Å². The van der Waals surface area contributed by atoms with Crippen LogP contribution in [0.2, 0.25) is 5.02 Å². The second-order valence-electron chi connectivity index (χ2n) is 6.47. The number of benzene rings is 1. The van der Waals surface area contributed by atoms with E-state index in [1.165, 1.54) is 6.07 Å². The fraction of sp³-hybridized carbons (Fsp3) is 0.647. The van der Waals surface area contributed by atoms with Gasteiger partial charge in [-0.05, 0) is 51.4 Å². The lowest BCUT2D eigenvalue weighted by molar-refractivity contribution is 0.124. The fourth-order valence-electron chi connectivity index (χ4n) is 2.89. The Labute approximate surface area is 137 Å². The predicted octanol–water partition coefficient (Wildman–Crippen LogP) is 3.19. The second kappa shape index (κ2) is 7.73. The first-order valence-electron chi connectivity index (χ1n) is 8.01. The molecule has 5 heteroatoms. The summed E-state index contributed by atoms with van der Waals surface area (Å²) in [7, 11) is 0. The van der Waals surface area contributed by atoms with Gasteiger partial charge in [0.25, 0.3) is 0 Å². The summed E-state index contributed by atoms with van der Waals surface area (Å²) in [6, 6.07) is 5.24. The van der Waals surface area contributed by atoms with Gasteiger partial charge in [-0.25, -0.2) is 4.39 Å². The van der Waals surface area contributed by atoms with Crippen molar-refractivity contribution in [2.75, 3.05) is 19.7 Å². The van der Waals surface area contributed by atoms with Crippen molar-refractivity contribution in [3.05, 3.63) is 34.6 Å². The molecule has 1 aromatic rings. The first kappa shape index (κ1) is 17.7. The van der Waals surface area contributed by atoms with Crippen LogP contribution in [0.15, 0.2) is 18.2 Å². The molecule has 2 rings (SSSR count). The molecule has 1 aliphatic rings. The highest BCUT2D eigenvalue weighted by Gasteiger charge is 2.27. The molecule has 1 atom stereocenters. The summed E-state index contributed by atoms with van der Waals surface area (Å²) in [5.74, 6) is -0.230. The molecular weight excluding hydrogens is 303 g/mol. The van der Waals surface area contributed by atoms with Gasteiger partial charge in [-0.3, -0.25) is 4.90 Å². The molecule has 1 aromatic carbocycles. The number of hydrogen-bond acceptors (Lipinski definition) is 3. The molecule has 0 amide bonds. The number of likely N-dealkylation sites (tertiary alicyclic amines) is 1. The number of hydrogen-bond donors (Lipinski definition) is 2. The van der Waals surface area contributed by atoms with Crippen molar-refractivity contribution in [3.63, 3.8) is 0 Å². The Morgan fingerprint density at radius 2 is 2.09 bits per heavy atom. The highest BCUT2D eigenvalue weighted by molar-refractivity contribution is 6.31. The van der Waals surface area contributed by atoms with Gasteiger partial charge in [-0.2, -0.15) is 0 Å². The zero-order valence-electron chi connectivity index (χ0n) is 13.4. The van der Waals surface area contributed by atoms with Gasteiger partial charge in [-0.1, -0.05) is 24.6 Å². The van der Waals surface area contributed by atoms with Gasteiger partial charge >= 0.3 is 0 Å². The highest BCUT2D eigenvalue weighted by Crippen LogP contribution is 2.23. The second-order valence-corrected chi connectivity index (χ2v) is 6.87. The van der Waals surface area contributed by atoms with Gasteiger partial charge in [0.05, 0.1) is 6.61 Å². The van der Waals surface area contributed by atoms with E-state index in [-0.39, 0.29) is 18.0 Å². The summed E-state index contributed by atoms with van der Waals surface area (Å²) in [6.07, 6.45) is 2.90. The van der Waals surface area contributed by atoms with Crippen LogP contribution in [0, 0.1) is 5.82 Å². The summed E-state index contributed by atoms with van der Waals surface area (Å²) in [5.41, 5.74) is 0.381. The van der Waals surface area contributed by atoms with Crippen molar-refractivity contribution >= 4 is 11.6 Å². The number of halogens is 2. The lowest BCUT2D eigenvalue weighted by atomic mass is 9.95. The molecule has 0 aromatic heterocycles. The van der Waals surface area contributed by atoms with Gasteiger partial charge in [0.1, 0.15) is 5.82 Å². The third kappa shape index (κ3) is 4.42. The minimum Gasteiger partial charge on any atom is -0.394 e. The van der Waals surface area contributed by atoms with Crippen LogP contribution in [0.3, 0.4) is 0 Å². The first-order valence-corrected chi connectivity index (χ1v) is 8.39. The van der Waals surface area contributed by atoms with Crippen molar-refractivity contribution in [1.82, 2.24) is 10.2 Å². The average molecular weight is 329 g/mol. The topological polar surface area (TPSA) is 35.5 Å². The maximum atomic E-state index is 13.8. The molecule has 22 heavy (non-hydrogen) atoms. The smallest absolute Gasteiger partial charge is 0.129 e. The molecular formula is C17H26ClFN2O. The Kier molecular flexibility index (Phi) is 6.21. The number of rotatable bonds is 6. The molecule has 124 valence electrons. The Hall–Kier alpha value is -0.680. The normalized spacial score (nSPS) is 20.0. The molecule has 0 radical (unpaired) electrons. The van der Waals surface area contributed by atoms with Crippen molar-refractivity contribution in [3.8, 4) is 0 Å². The first-order chi connectivity index (χ1) is 10.5. The Bertz CT molecular complexity index is 465. The number of piperidine rings is 1. The molecule has 0 saturated carbocycles. The SMILES string of the molecule is CCC(C)(CO)NC1CCN(Cc2c(F)cccc2Cl)CC1. The molecule has 1 unspecified atom stereocenters. The summed E-state index contributed by atoms with van der Waals surface area (Å²) in [5, 5.41) is 13.6. The molecule has 1 fully saturated rings. The quantitative estimate of drug-likeness (QED) is 0.842. The van der Waals surface area contributed by atoms with E-state index < -0.39 is 0 Å². The van der Waals surface area contributed by atoms with Crippen LogP contribution in [-0.4, -0.2) is 41.3 Å². The van der Waals surface area contributed by atoms with Crippen LogP contribution in [0.4, 0.5) is 4.39 Å². The van der Waals surface area contributed by atoms with Crippen LogP contribution in [-0.2, 0) is 6.54 Å². The van der Waals surface area contributed by atoms with E-state index in [9.17, 15) is 9.50 Å². The summed E-state index contributed by atoms with van der Waals surface area (Å²) < 4.78 is 13.8. The molecule has 1 aliphatic heterocycles. The minimum atomic E-state index is -0.230. The number of nitrogens with zero attached hydrogens (tertiary/aromatic N) is 1. The van der Waals surface area contributed by atoms with Gasteiger partial charge in [0, 0.05) is 28.7 Å². The summed E-state index contributed by atoms with van der Waals surface area (Å²) in [6.45, 7) is 6.66. The van der Waals surface area contributed by atoms with Crippen molar-refractivity contribution in [1.29, 1.82) is 0 Å².